The van der Waals surface area contributed by atoms with Crippen LogP contribution in [0.5, 0.6) is 0 Å². The van der Waals surface area contributed by atoms with Crippen molar-refractivity contribution in [2.75, 3.05) is 4.90 Å². The Morgan fingerprint density at radius 3 is 1.76 bits per heavy atom. The molecule has 0 fully saturated rings. The summed E-state index contributed by atoms with van der Waals surface area (Å²) in [6.45, 7) is 0. The van der Waals surface area contributed by atoms with Crippen LogP contribution in [0, 0.1) is 0 Å². The number of nitrogens with zero attached hydrogens (tertiary/aromatic N) is 1. The van der Waals surface area contributed by atoms with Crippen LogP contribution in [0.25, 0.3) is 86.3 Å². The van der Waals surface area contributed by atoms with Crippen molar-refractivity contribution in [2.45, 2.75) is 0 Å². The van der Waals surface area contributed by atoms with Crippen LogP contribution in [-0.2, 0) is 0 Å². The first-order valence-corrected chi connectivity index (χ1v) is 19.5. The summed E-state index contributed by atoms with van der Waals surface area (Å²) in [6.07, 6.45) is 0. The molecule has 3 heteroatoms. The number of hydrogen-bond donors (Lipinski definition) is 0. The van der Waals surface area contributed by atoms with Crippen molar-refractivity contribution in [3.8, 4) is 33.4 Å². The van der Waals surface area contributed by atoms with E-state index in [4.69, 9.17) is 4.42 Å². The summed E-state index contributed by atoms with van der Waals surface area (Å²) in [5.41, 5.74) is 12.0. The highest BCUT2D eigenvalue weighted by atomic mass is 32.1. The van der Waals surface area contributed by atoms with Gasteiger partial charge in [0.15, 0.2) is 5.58 Å². The lowest BCUT2D eigenvalue weighted by Crippen LogP contribution is -2.10. The van der Waals surface area contributed by atoms with Gasteiger partial charge < -0.3 is 9.32 Å². The van der Waals surface area contributed by atoms with Gasteiger partial charge in [-0.1, -0.05) is 158 Å². The summed E-state index contributed by atoms with van der Waals surface area (Å²) in [6, 6.07) is 72.0. The normalized spacial score (nSPS) is 11.6. The minimum absolute atomic E-state index is 0.861. The fraction of sp³-hybridized carbons (Fsp3) is 0. The highest BCUT2D eigenvalue weighted by Gasteiger charge is 2.22. The second-order valence-corrected chi connectivity index (χ2v) is 15.1. The second kappa shape index (κ2) is 12.9. The lowest BCUT2D eigenvalue weighted by atomic mass is 9.97. The molecule has 11 aromatic rings. The van der Waals surface area contributed by atoms with E-state index in [2.05, 4.69) is 199 Å². The van der Waals surface area contributed by atoms with E-state index in [-0.39, 0.29) is 0 Å². The van der Waals surface area contributed by atoms with E-state index >= 15 is 0 Å². The van der Waals surface area contributed by atoms with Crippen LogP contribution in [-0.4, -0.2) is 0 Å². The molecule has 0 atom stereocenters. The molecule has 0 bridgehead atoms. The summed E-state index contributed by atoms with van der Waals surface area (Å²) in [4.78, 5) is 2.34. The maximum atomic E-state index is 6.84. The topological polar surface area (TPSA) is 16.4 Å². The first-order chi connectivity index (χ1) is 27.3. The second-order valence-electron chi connectivity index (χ2n) is 14.0. The predicted octanol–water partition coefficient (Wildman–Crippen LogP) is 15.6. The molecule has 55 heavy (non-hydrogen) atoms. The van der Waals surface area contributed by atoms with Gasteiger partial charge in [0.05, 0.1) is 5.69 Å². The Morgan fingerprint density at radius 2 is 0.964 bits per heavy atom. The molecule has 2 heterocycles. The number of fused-ring (bicyclic) bond motifs is 7. The molecule has 2 nitrogen and oxygen atoms in total. The third-order valence-corrected chi connectivity index (χ3v) is 12.1. The first kappa shape index (κ1) is 31.6. The lowest BCUT2D eigenvalue weighted by Gasteiger charge is -2.26. The molecule has 2 aromatic heterocycles. The third kappa shape index (κ3) is 5.24. The van der Waals surface area contributed by atoms with Crippen molar-refractivity contribution in [3.63, 3.8) is 0 Å². The number of rotatable bonds is 6. The SMILES string of the molecule is c1ccc(-c2ccc(N(c3ccc(-c4cccc5ccccc45)cc3)c3ccc(-c4cccc5c4sc4ccccc45)cc3)c3oc4ccccc4c23)cc1. The monoisotopic (exact) mass is 719 g/mol. The maximum absolute atomic E-state index is 6.84. The van der Waals surface area contributed by atoms with Gasteiger partial charge in [-0.25, -0.2) is 0 Å². The summed E-state index contributed by atoms with van der Waals surface area (Å²) in [5.74, 6) is 0. The first-order valence-electron chi connectivity index (χ1n) is 18.7. The Bertz CT molecular complexity index is 3190. The Kier molecular flexibility index (Phi) is 7.39. The fourth-order valence-electron chi connectivity index (χ4n) is 8.31. The van der Waals surface area contributed by atoms with Gasteiger partial charge in [-0.2, -0.15) is 0 Å². The van der Waals surface area contributed by atoms with Gasteiger partial charge in [-0.15, -0.1) is 11.3 Å². The number of thiophene rings is 1. The maximum Gasteiger partial charge on any atom is 0.160 e. The smallest absolute Gasteiger partial charge is 0.160 e. The molecular formula is C52H33NOS. The van der Waals surface area contributed by atoms with Crippen molar-refractivity contribution >= 4 is 81.3 Å². The Balaban J connectivity index is 1.10. The van der Waals surface area contributed by atoms with Gasteiger partial charge >= 0.3 is 0 Å². The van der Waals surface area contributed by atoms with Crippen molar-refractivity contribution in [1.82, 2.24) is 0 Å². The zero-order valence-electron chi connectivity index (χ0n) is 29.8. The fourth-order valence-corrected chi connectivity index (χ4v) is 9.55. The summed E-state index contributed by atoms with van der Waals surface area (Å²) < 4.78 is 9.47. The van der Waals surface area contributed by atoms with E-state index in [0.717, 1.165) is 50.1 Å². The highest BCUT2D eigenvalue weighted by molar-refractivity contribution is 7.26. The van der Waals surface area contributed by atoms with Crippen LogP contribution in [0.4, 0.5) is 17.1 Å². The molecule has 258 valence electrons. The van der Waals surface area contributed by atoms with E-state index in [1.807, 2.05) is 17.4 Å². The van der Waals surface area contributed by atoms with E-state index in [9.17, 15) is 0 Å². The number of anilines is 3. The average molecular weight is 720 g/mol. The van der Waals surface area contributed by atoms with Gasteiger partial charge in [-0.05, 0) is 86.6 Å². The van der Waals surface area contributed by atoms with Gasteiger partial charge in [0.1, 0.15) is 5.58 Å². The van der Waals surface area contributed by atoms with Crippen molar-refractivity contribution in [1.29, 1.82) is 0 Å². The number of para-hydroxylation sites is 1. The minimum atomic E-state index is 0.861. The zero-order valence-corrected chi connectivity index (χ0v) is 30.6. The van der Waals surface area contributed by atoms with Crippen molar-refractivity contribution < 1.29 is 4.42 Å². The third-order valence-electron chi connectivity index (χ3n) is 10.9. The molecule has 0 spiro atoms. The molecule has 0 saturated carbocycles. The van der Waals surface area contributed by atoms with E-state index in [1.165, 1.54) is 53.2 Å². The molecule has 0 aliphatic carbocycles. The molecule has 0 aliphatic rings. The van der Waals surface area contributed by atoms with Gasteiger partial charge in [0.25, 0.3) is 0 Å². The Labute approximate surface area is 322 Å². The Morgan fingerprint density at radius 1 is 0.382 bits per heavy atom. The van der Waals surface area contributed by atoms with Crippen LogP contribution in [0.2, 0.25) is 0 Å². The Hall–Kier alpha value is -6.94. The number of benzene rings is 9. The molecular weight excluding hydrogens is 687 g/mol. The van der Waals surface area contributed by atoms with Crippen LogP contribution < -0.4 is 4.90 Å². The van der Waals surface area contributed by atoms with Gasteiger partial charge in [-0.3, -0.25) is 0 Å². The number of hydrogen-bond acceptors (Lipinski definition) is 3. The van der Waals surface area contributed by atoms with Crippen molar-refractivity contribution in [3.05, 3.63) is 200 Å². The molecule has 11 rings (SSSR count). The van der Waals surface area contributed by atoms with Crippen LogP contribution >= 0.6 is 11.3 Å². The highest BCUT2D eigenvalue weighted by Crippen LogP contribution is 2.47. The molecule has 0 unspecified atom stereocenters. The van der Waals surface area contributed by atoms with Gasteiger partial charge in [0, 0.05) is 42.3 Å². The van der Waals surface area contributed by atoms with E-state index in [1.54, 1.807) is 0 Å². The molecule has 0 saturated heterocycles. The predicted molar refractivity (Wildman–Crippen MR) is 235 cm³/mol. The molecule has 0 amide bonds. The molecule has 0 aliphatic heterocycles. The zero-order chi connectivity index (χ0) is 36.3. The van der Waals surface area contributed by atoms with Crippen LogP contribution in [0.3, 0.4) is 0 Å². The largest absolute Gasteiger partial charge is 0.454 e. The average Bonchev–Trinajstić information content (AvgIpc) is 3.84. The minimum Gasteiger partial charge on any atom is -0.454 e. The van der Waals surface area contributed by atoms with Crippen molar-refractivity contribution in [2.24, 2.45) is 0 Å². The lowest BCUT2D eigenvalue weighted by molar-refractivity contribution is 0.669. The summed E-state index contributed by atoms with van der Waals surface area (Å²) in [5, 5.41) is 7.33. The van der Waals surface area contributed by atoms with Gasteiger partial charge in [0.2, 0.25) is 0 Å². The van der Waals surface area contributed by atoms with Crippen LogP contribution in [0.15, 0.2) is 205 Å². The quantitative estimate of drug-likeness (QED) is 0.170. The van der Waals surface area contributed by atoms with E-state index in [0.29, 0.717) is 0 Å². The molecule has 9 aromatic carbocycles. The number of furan rings is 1. The molecule has 0 radical (unpaired) electrons. The van der Waals surface area contributed by atoms with E-state index < -0.39 is 0 Å². The summed E-state index contributed by atoms with van der Waals surface area (Å²) in [7, 11) is 0. The molecule has 0 N–H and O–H groups in total. The standard InChI is InChI=1S/C52H33NOS/c1-2-12-35(13-3-1)42-32-33-47(51-50(42)46-18-6-8-22-48(46)54-51)53(38-28-24-36(25-29-38)41-19-10-15-34-14-4-5-16-40(34)41)39-30-26-37(27-31-39)43-20-11-21-45-44-17-7-9-23-49(44)55-52(43)45/h1-33H. The van der Waals surface area contributed by atoms with Crippen LogP contribution in [0.1, 0.15) is 0 Å². The summed E-state index contributed by atoms with van der Waals surface area (Å²) >= 11 is 1.87.